The molecule has 0 aromatic carbocycles. The molecular weight excluding hydrogens is 316 g/mol. The lowest BCUT2D eigenvalue weighted by Gasteiger charge is -2.16. The van der Waals surface area contributed by atoms with Crippen molar-refractivity contribution in [2.45, 2.75) is 13.3 Å². The van der Waals surface area contributed by atoms with Gasteiger partial charge < -0.3 is 19.7 Å². The van der Waals surface area contributed by atoms with E-state index in [1.165, 1.54) is 10.9 Å². The highest BCUT2D eigenvalue weighted by Crippen LogP contribution is 2.21. The molecule has 9 nitrogen and oxygen atoms in total. The third kappa shape index (κ3) is 3.91. The molecular formula is C15H22N4O5. The van der Waals surface area contributed by atoms with Gasteiger partial charge in [0.25, 0.3) is 0 Å². The highest BCUT2D eigenvalue weighted by molar-refractivity contribution is 6.02. The number of hydrogen-bond acceptors (Lipinski definition) is 6. The molecule has 0 spiro atoms. The van der Waals surface area contributed by atoms with Crippen molar-refractivity contribution in [1.82, 2.24) is 14.7 Å². The number of carbonyl (C=O) groups excluding carboxylic acids is 3. The summed E-state index contributed by atoms with van der Waals surface area (Å²) in [5, 5.41) is 6.67. The van der Waals surface area contributed by atoms with Crippen LogP contribution in [-0.4, -0.2) is 65.9 Å². The van der Waals surface area contributed by atoms with Crippen LogP contribution in [-0.2, 0) is 26.1 Å². The molecule has 2 heterocycles. The van der Waals surface area contributed by atoms with E-state index in [0.29, 0.717) is 19.7 Å². The summed E-state index contributed by atoms with van der Waals surface area (Å²) in [7, 11) is 3.17. The van der Waals surface area contributed by atoms with E-state index in [4.69, 9.17) is 9.47 Å². The fourth-order valence-electron chi connectivity index (χ4n) is 2.53. The van der Waals surface area contributed by atoms with Crippen molar-refractivity contribution >= 4 is 23.6 Å². The summed E-state index contributed by atoms with van der Waals surface area (Å²) in [6, 6.07) is 0. The number of carbonyl (C=O) groups is 3. The van der Waals surface area contributed by atoms with Crippen LogP contribution in [0.25, 0.3) is 0 Å². The Morgan fingerprint density at radius 1 is 1.46 bits per heavy atom. The zero-order valence-electron chi connectivity index (χ0n) is 14.1. The Morgan fingerprint density at radius 3 is 2.88 bits per heavy atom. The number of aryl methyl sites for hydroxylation is 1. The fourth-order valence-corrected chi connectivity index (χ4v) is 2.53. The molecule has 132 valence electrons. The highest BCUT2D eigenvalue weighted by atomic mass is 16.5. The second kappa shape index (κ2) is 7.91. The minimum Gasteiger partial charge on any atom is -0.462 e. The average Bonchev–Trinajstić information content (AvgIpc) is 3.09. The second-order valence-electron chi connectivity index (χ2n) is 5.47. The van der Waals surface area contributed by atoms with Gasteiger partial charge in [-0.15, -0.1) is 0 Å². The lowest BCUT2D eigenvalue weighted by atomic mass is 10.1. The normalized spacial score (nSPS) is 17.2. The number of nitrogens with zero attached hydrogens (tertiary/aromatic N) is 3. The number of likely N-dealkylation sites (tertiary alicyclic amines) is 1. The van der Waals surface area contributed by atoms with Gasteiger partial charge in [-0.3, -0.25) is 14.3 Å². The molecule has 0 radical (unpaired) electrons. The van der Waals surface area contributed by atoms with Gasteiger partial charge in [0.15, 0.2) is 0 Å². The van der Waals surface area contributed by atoms with Crippen LogP contribution in [0, 0.1) is 5.92 Å². The highest BCUT2D eigenvalue weighted by Gasteiger charge is 2.35. The van der Waals surface area contributed by atoms with Crippen LogP contribution in [0.2, 0.25) is 0 Å². The van der Waals surface area contributed by atoms with E-state index in [-0.39, 0.29) is 36.2 Å². The molecule has 1 saturated heterocycles. The Hall–Kier alpha value is -2.42. The zero-order valence-corrected chi connectivity index (χ0v) is 14.1. The van der Waals surface area contributed by atoms with E-state index in [9.17, 15) is 14.4 Å². The summed E-state index contributed by atoms with van der Waals surface area (Å²) >= 11 is 0. The molecule has 1 aliphatic rings. The lowest BCUT2D eigenvalue weighted by molar-refractivity contribution is -0.128. The average molecular weight is 338 g/mol. The molecule has 24 heavy (non-hydrogen) atoms. The third-order valence-electron chi connectivity index (χ3n) is 3.83. The molecule has 0 saturated carbocycles. The van der Waals surface area contributed by atoms with E-state index in [1.54, 1.807) is 26.0 Å². The van der Waals surface area contributed by atoms with Crippen LogP contribution in [0.1, 0.15) is 23.7 Å². The van der Waals surface area contributed by atoms with Crippen molar-refractivity contribution in [3.63, 3.8) is 0 Å². The maximum Gasteiger partial charge on any atom is 0.343 e. The van der Waals surface area contributed by atoms with E-state index in [0.717, 1.165) is 0 Å². The van der Waals surface area contributed by atoms with Crippen LogP contribution in [0.15, 0.2) is 6.20 Å². The van der Waals surface area contributed by atoms with Gasteiger partial charge in [0.05, 0.1) is 25.3 Å². The monoisotopic (exact) mass is 338 g/mol. The van der Waals surface area contributed by atoms with Crippen molar-refractivity contribution in [3.05, 3.63) is 11.8 Å². The third-order valence-corrected chi connectivity index (χ3v) is 3.83. The molecule has 1 aliphatic heterocycles. The van der Waals surface area contributed by atoms with Crippen molar-refractivity contribution < 1.29 is 23.9 Å². The molecule has 2 rings (SSSR count). The number of methoxy groups -OCH3 is 1. The first kappa shape index (κ1) is 17.9. The summed E-state index contributed by atoms with van der Waals surface area (Å²) in [6.45, 7) is 3.15. The molecule has 2 amide bonds. The topological polar surface area (TPSA) is 103 Å². The lowest BCUT2D eigenvalue weighted by Crippen LogP contribution is -2.31. The predicted molar refractivity (Wildman–Crippen MR) is 84.4 cm³/mol. The van der Waals surface area contributed by atoms with Gasteiger partial charge in [0.2, 0.25) is 11.8 Å². The molecule has 1 atom stereocenters. The molecule has 0 aliphatic carbocycles. The fraction of sp³-hybridized carbons (Fsp3) is 0.600. The van der Waals surface area contributed by atoms with Gasteiger partial charge in [0.1, 0.15) is 11.4 Å². The number of nitrogens with one attached hydrogen (secondary N) is 1. The van der Waals surface area contributed by atoms with Gasteiger partial charge in [-0.1, -0.05) is 0 Å². The smallest absolute Gasteiger partial charge is 0.343 e. The van der Waals surface area contributed by atoms with Crippen molar-refractivity contribution in [1.29, 1.82) is 0 Å². The maximum atomic E-state index is 12.4. The number of amides is 2. The van der Waals surface area contributed by atoms with Crippen molar-refractivity contribution in [3.8, 4) is 0 Å². The van der Waals surface area contributed by atoms with E-state index >= 15 is 0 Å². The number of esters is 1. The molecule has 1 aromatic rings. The number of ether oxygens (including phenoxy) is 2. The summed E-state index contributed by atoms with van der Waals surface area (Å²) in [6.07, 6.45) is 1.49. The summed E-state index contributed by atoms with van der Waals surface area (Å²) in [5.74, 6) is -1.16. The predicted octanol–water partition coefficient (Wildman–Crippen LogP) is 0.0302. The second-order valence-corrected chi connectivity index (χ2v) is 5.47. The van der Waals surface area contributed by atoms with E-state index in [1.807, 2.05) is 0 Å². The Labute approximate surface area is 139 Å². The van der Waals surface area contributed by atoms with Crippen LogP contribution in [0.4, 0.5) is 5.82 Å². The van der Waals surface area contributed by atoms with Crippen molar-refractivity contribution in [2.24, 2.45) is 13.0 Å². The number of aromatic nitrogens is 2. The van der Waals surface area contributed by atoms with E-state index in [2.05, 4.69) is 10.4 Å². The molecule has 9 heteroatoms. The first-order chi connectivity index (χ1) is 11.5. The summed E-state index contributed by atoms with van der Waals surface area (Å²) < 4.78 is 11.3. The van der Waals surface area contributed by atoms with Gasteiger partial charge in [0, 0.05) is 33.7 Å². The SMILES string of the molecule is CCOC(=O)c1cnn(C)c1NC(=O)C1CC(=O)N(CCOC)C1. The zero-order chi connectivity index (χ0) is 17.7. The molecule has 0 bridgehead atoms. The van der Waals surface area contributed by atoms with Gasteiger partial charge >= 0.3 is 5.97 Å². The molecule has 1 N–H and O–H groups in total. The van der Waals surface area contributed by atoms with Gasteiger partial charge in [-0.05, 0) is 6.92 Å². The van der Waals surface area contributed by atoms with Crippen molar-refractivity contribution in [2.75, 3.05) is 38.7 Å². The minimum absolute atomic E-state index is 0.0807. The summed E-state index contributed by atoms with van der Waals surface area (Å²) in [5.41, 5.74) is 0.188. The van der Waals surface area contributed by atoms with Crippen LogP contribution in [0.5, 0.6) is 0 Å². The largest absolute Gasteiger partial charge is 0.462 e. The van der Waals surface area contributed by atoms with E-state index < -0.39 is 11.9 Å². The number of anilines is 1. The number of rotatable bonds is 7. The standard InChI is InChI=1S/C15H22N4O5/c1-4-24-15(22)11-8-16-18(2)13(11)17-14(21)10-7-12(20)19(9-10)5-6-23-3/h8,10H,4-7,9H2,1-3H3,(H,17,21). The Kier molecular flexibility index (Phi) is 5.91. The van der Waals surface area contributed by atoms with Gasteiger partial charge in [-0.25, -0.2) is 4.79 Å². The van der Waals surface area contributed by atoms with Gasteiger partial charge in [-0.2, -0.15) is 5.10 Å². The number of hydrogen-bond donors (Lipinski definition) is 1. The summed E-state index contributed by atoms with van der Waals surface area (Å²) in [4.78, 5) is 37.9. The molecule has 1 aromatic heterocycles. The first-order valence-electron chi connectivity index (χ1n) is 7.74. The molecule has 1 unspecified atom stereocenters. The van der Waals surface area contributed by atoms with Crippen LogP contribution >= 0.6 is 0 Å². The Balaban J connectivity index is 2.04. The van der Waals surface area contributed by atoms with Crippen LogP contribution < -0.4 is 5.32 Å². The molecule has 1 fully saturated rings. The minimum atomic E-state index is -0.551. The maximum absolute atomic E-state index is 12.4. The first-order valence-corrected chi connectivity index (χ1v) is 7.74. The Morgan fingerprint density at radius 2 is 2.21 bits per heavy atom. The van der Waals surface area contributed by atoms with Crippen LogP contribution in [0.3, 0.4) is 0 Å². The quantitative estimate of drug-likeness (QED) is 0.704. The Bertz CT molecular complexity index is 627.